The van der Waals surface area contributed by atoms with E-state index in [1.54, 1.807) is 20.4 Å². The second kappa shape index (κ2) is 15.5. The van der Waals surface area contributed by atoms with Crippen molar-refractivity contribution >= 4 is 16.7 Å². The van der Waals surface area contributed by atoms with Crippen LogP contribution in [0.3, 0.4) is 0 Å². The third-order valence-corrected chi connectivity index (χ3v) is 6.58. The van der Waals surface area contributed by atoms with E-state index in [-0.39, 0.29) is 0 Å². The van der Waals surface area contributed by atoms with Crippen LogP contribution in [-0.4, -0.2) is 81.9 Å². The Bertz CT molecular complexity index is 1500. The number of anilines is 1. The van der Waals surface area contributed by atoms with Crippen LogP contribution in [0, 0.1) is 0 Å². The van der Waals surface area contributed by atoms with Gasteiger partial charge in [-0.1, -0.05) is 0 Å². The van der Waals surface area contributed by atoms with Gasteiger partial charge in [-0.3, -0.25) is 0 Å². The minimum atomic E-state index is 0.418. The molecule has 2 aromatic heterocycles. The number of methoxy groups -OCH3 is 2. The molecular formula is C32H37N5O6. The Morgan fingerprint density at radius 1 is 0.767 bits per heavy atom. The van der Waals surface area contributed by atoms with Crippen molar-refractivity contribution in [3.05, 3.63) is 84.4 Å². The van der Waals surface area contributed by atoms with Crippen LogP contribution in [0.15, 0.2) is 84.4 Å². The molecule has 0 fully saturated rings. The number of ether oxygens (including phenoxy) is 6. The van der Waals surface area contributed by atoms with Gasteiger partial charge in [0.1, 0.15) is 41.9 Å². The number of hydrogen-bond acceptors (Lipinski definition) is 10. The molecule has 3 N–H and O–H groups in total. The second-order valence-corrected chi connectivity index (χ2v) is 9.53. The normalized spacial score (nSPS) is 12.7. The molecule has 11 nitrogen and oxygen atoms in total. The highest BCUT2D eigenvalue weighted by molar-refractivity contribution is 5.80. The van der Waals surface area contributed by atoms with Gasteiger partial charge in [-0.15, -0.1) is 0 Å². The number of nitrogens with one attached hydrogen (secondary N) is 3. The highest BCUT2D eigenvalue weighted by Gasteiger charge is 2.09. The predicted octanol–water partition coefficient (Wildman–Crippen LogP) is 4.55. The maximum Gasteiger partial charge on any atom is 0.157 e. The largest absolute Gasteiger partial charge is 0.497 e. The molecule has 226 valence electrons. The molecule has 0 saturated heterocycles. The van der Waals surface area contributed by atoms with Gasteiger partial charge in [0.25, 0.3) is 0 Å². The lowest BCUT2D eigenvalue weighted by Gasteiger charge is -2.19. The summed E-state index contributed by atoms with van der Waals surface area (Å²) in [7, 11) is 3.30. The van der Waals surface area contributed by atoms with Gasteiger partial charge < -0.3 is 44.0 Å². The summed E-state index contributed by atoms with van der Waals surface area (Å²) in [4.78, 5) is 12.3. The van der Waals surface area contributed by atoms with Crippen LogP contribution in [0.1, 0.15) is 0 Å². The van der Waals surface area contributed by atoms with Crippen molar-refractivity contribution in [1.29, 1.82) is 0 Å². The smallest absolute Gasteiger partial charge is 0.157 e. The third kappa shape index (κ3) is 8.87. The lowest BCUT2D eigenvalue weighted by Crippen LogP contribution is -2.26. The zero-order chi connectivity index (χ0) is 29.7. The molecule has 5 rings (SSSR count). The van der Waals surface area contributed by atoms with Gasteiger partial charge in [0, 0.05) is 17.5 Å². The standard InChI is InChI=1S/C32H37N5O6/c1-38-25-6-3-23(4-7-25)33-20-24-5-8-27(21-34-24)42-17-15-40-13-14-41-16-18-43-28-10-12-30(35-22-28)32-36-29-11-9-26(39-2)19-31(29)37-32/h3-12,19,22,33-34H,13-18,20-21H2,1-2H3,(H,36,37). The zero-order valence-electron chi connectivity index (χ0n) is 24.4. The summed E-state index contributed by atoms with van der Waals surface area (Å²) in [6.45, 7) is 4.16. The molecule has 43 heavy (non-hydrogen) atoms. The SMILES string of the molecule is COc1ccc(NCC2=CC=C(OCCOCCOCCOc3ccc(-c4nc5ccc(OC)cc5[nH]4)nc3)CN2)cc1. The Morgan fingerprint density at radius 2 is 1.49 bits per heavy atom. The summed E-state index contributed by atoms with van der Waals surface area (Å²) >= 11 is 0. The number of aromatic nitrogens is 3. The van der Waals surface area contributed by atoms with Crippen LogP contribution in [0.2, 0.25) is 0 Å². The summed E-state index contributed by atoms with van der Waals surface area (Å²) in [5.41, 5.74) is 4.61. The van der Waals surface area contributed by atoms with Crippen LogP contribution in [0.5, 0.6) is 17.2 Å². The Morgan fingerprint density at radius 3 is 2.19 bits per heavy atom. The number of benzene rings is 2. The molecule has 0 saturated carbocycles. The number of imidazole rings is 1. The fourth-order valence-electron chi connectivity index (χ4n) is 4.25. The van der Waals surface area contributed by atoms with Crippen molar-refractivity contribution in [3.63, 3.8) is 0 Å². The van der Waals surface area contributed by atoms with Gasteiger partial charge in [-0.2, -0.15) is 0 Å². The molecule has 1 aliphatic heterocycles. The first kappa shape index (κ1) is 29.7. The summed E-state index contributed by atoms with van der Waals surface area (Å²) in [6, 6.07) is 17.3. The van der Waals surface area contributed by atoms with E-state index in [9.17, 15) is 0 Å². The number of nitrogens with zero attached hydrogens (tertiary/aromatic N) is 2. The van der Waals surface area contributed by atoms with Crippen molar-refractivity contribution in [1.82, 2.24) is 20.3 Å². The van der Waals surface area contributed by atoms with Gasteiger partial charge in [0.05, 0.1) is 71.0 Å². The van der Waals surface area contributed by atoms with E-state index in [4.69, 9.17) is 28.4 Å². The number of rotatable bonds is 17. The van der Waals surface area contributed by atoms with Crippen molar-refractivity contribution in [2.75, 3.05) is 72.3 Å². The minimum Gasteiger partial charge on any atom is -0.497 e. The maximum absolute atomic E-state index is 5.79. The quantitative estimate of drug-likeness (QED) is 0.152. The molecule has 0 radical (unpaired) electrons. The lowest BCUT2D eigenvalue weighted by atomic mass is 10.2. The summed E-state index contributed by atoms with van der Waals surface area (Å²) in [5.74, 6) is 3.85. The first-order chi connectivity index (χ1) is 21.2. The maximum atomic E-state index is 5.79. The molecule has 1 aliphatic rings. The molecule has 3 heterocycles. The molecule has 0 aliphatic carbocycles. The van der Waals surface area contributed by atoms with Crippen LogP contribution < -0.4 is 24.8 Å². The highest BCUT2D eigenvalue weighted by Crippen LogP contribution is 2.23. The van der Waals surface area contributed by atoms with E-state index in [0.29, 0.717) is 64.3 Å². The van der Waals surface area contributed by atoms with Gasteiger partial charge in [-0.25, -0.2) is 9.97 Å². The van der Waals surface area contributed by atoms with Crippen LogP contribution in [0.4, 0.5) is 5.69 Å². The van der Waals surface area contributed by atoms with Gasteiger partial charge in [0.15, 0.2) is 5.82 Å². The molecular weight excluding hydrogens is 550 g/mol. The van der Waals surface area contributed by atoms with Crippen LogP contribution >= 0.6 is 0 Å². The highest BCUT2D eigenvalue weighted by atomic mass is 16.6. The van der Waals surface area contributed by atoms with Crippen molar-refractivity contribution in [3.8, 4) is 28.8 Å². The molecule has 0 unspecified atom stereocenters. The van der Waals surface area contributed by atoms with E-state index in [2.05, 4.69) is 25.6 Å². The minimum absolute atomic E-state index is 0.418. The number of pyridine rings is 1. The van der Waals surface area contributed by atoms with E-state index in [1.807, 2.05) is 66.7 Å². The summed E-state index contributed by atoms with van der Waals surface area (Å²) in [5, 5.41) is 6.75. The fraction of sp³-hybridized carbons (Fsp3) is 0.312. The Balaban J connectivity index is 0.891. The third-order valence-electron chi connectivity index (χ3n) is 6.58. The van der Waals surface area contributed by atoms with E-state index in [0.717, 1.165) is 45.4 Å². The van der Waals surface area contributed by atoms with Crippen LogP contribution in [-0.2, 0) is 14.2 Å². The number of hydrogen-bond donors (Lipinski definition) is 3. The lowest BCUT2D eigenvalue weighted by molar-refractivity contribution is 0.0194. The Labute approximate surface area is 250 Å². The average molecular weight is 588 g/mol. The van der Waals surface area contributed by atoms with Crippen molar-refractivity contribution < 1.29 is 28.4 Å². The first-order valence-corrected chi connectivity index (χ1v) is 14.1. The van der Waals surface area contributed by atoms with Gasteiger partial charge >= 0.3 is 0 Å². The van der Waals surface area contributed by atoms with E-state index < -0.39 is 0 Å². The molecule has 11 heteroatoms. The Hall–Kier alpha value is -4.74. The molecule has 2 aromatic carbocycles. The molecule has 0 bridgehead atoms. The topological polar surface area (TPSA) is 121 Å². The summed E-state index contributed by atoms with van der Waals surface area (Å²) in [6.07, 6.45) is 5.69. The number of dihydropyridines is 1. The first-order valence-electron chi connectivity index (χ1n) is 14.1. The molecule has 4 aromatic rings. The van der Waals surface area contributed by atoms with Gasteiger partial charge in [0.2, 0.25) is 0 Å². The predicted molar refractivity (Wildman–Crippen MR) is 165 cm³/mol. The van der Waals surface area contributed by atoms with Crippen LogP contribution in [0.25, 0.3) is 22.6 Å². The summed E-state index contributed by atoms with van der Waals surface area (Å²) < 4.78 is 33.2. The van der Waals surface area contributed by atoms with E-state index in [1.165, 1.54) is 0 Å². The monoisotopic (exact) mass is 587 g/mol. The average Bonchev–Trinajstić information content (AvgIpc) is 3.49. The fourth-order valence-corrected chi connectivity index (χ4v) is 4.25. The zero-order valence-corrected chi connectivity index (χ0v) is 24.4. The van der Waals surface area contributed by atoms with Gasteiger partial charge in [-0.05, 0) is 60.7 Å². The Kier molecular flexibility index (Phi) is 10.7. The number of aromatic amines is 1. The number of allylic oxidation sites excluding steroid dienone is 2. The second-order valence-electron chi connectivity index (χ2n) is 9.53. The van der Waals surface area contributed by atoms with Crippen molar-refractivity contribution in [2.45, 2.75) is 0 Å². The molecule has 0 spiro atoms. The molecule has 0 amide bonds. The number of fused-ring (bicyclic) bond motifs is 1. The molecule has 0 atom stereocenters. The van der Waals surface area contributed by atoms with Crippen molar-refractivity contribution in [2.24, 2.45) is 0 Å². The van der Waals surface area contributed by atoms with E-state index >= 15 is 0 Å². The number of H-pyrrole nitrogens is 1.